The Bertz CT molecular complexity index is 861. The van der Waals surface area contributed by atoms with Crippen LogP contribution in [0, 0.1) is 5.92 Å². The molecule has 2 amide bonds. The number of anilines is 1. The molecule has 0 radical (unpaired) electrons. The molecule has 1 N–H and O–H groups in total. The molecule has 0 aliphatic carbocycles. The van der Waals surface area contributed by atoms with Crippen molar-refractivity contribution >= 4 is 11.8 Å². The summed E-state index contributed by atoms with van der Waals surface area (Å²) in [5.41, 5.74) is 3.27. The Hall–Kier alpha value is -2.63. The van der Waals surface area contributed by atoms with E-state index in [4.69, 9.17) is 9.97 Å². The Morgan fingerprint density at radius 1 is 1.13 bits per heavy atom. The topological polar surface area (TPSA) is 61.4 Å². The van der Waals surface area contributed by atoms with Crippen LogP contribution >= 0.6 is 0 Å². The minimum atomic E-state index is 0.0273. The summed E-state index contributed by atoms with van der Waals surface area (Å²) < 4.78 is 0. The average molecular weight is 408 g/mol. The van der Waals surface area contributed by atoms with Crippen LogP contribution in [0.15, 0.2) is 30.3 Å². The predicted molar refractivity (Wildman–Crippen MR) is 120 cm³/mol. The molecule has 0 atom stereocenters. The quantitative estimate of drug-likeness (QED) is 0.753. The number of hydrogen-bond acceptors (Lipinski definition) is 4. The number of unbranched alkanes of at least 4 members (excludes halogenated alkanes) is 1. The molecule has 0 bridgehead atoms. The number of rotatable bonds is 5. The van der Waals surface area contributed by atoms with Crippen LogP contribution in [-0.2, 0) is 13.0 Å². The van der Waals surface area contributed by atoms with E-state index < -0.39 is 0 Å². The van der Waals surface area contributed by atoms with E-state index in [1.54, 1.807) is 0 Å². The molecule has 4 rings (SSSR count). The molecule has 1 saturated heterocycles. The third kappa shape index (κ3) is 4.58. The molecule has 0 saturated carbocycles. The molecule has 1 fully saturated rings. The van der Waals surface area contributed by atoms with Gasteiger partial charge >= 0.3 is 6.03 Å². The van der Waals surface area contributed by atoms with Crippen LogP contribution in [0.5, 0.6) is 0 Å². The summed E-state index contributed by atoms with van der Waals surface area (Å²) in [4.78, 5) is 26.9. The first-order valence-electron chi connectivity index (χ1n) is 11.4. The SMILES string of the molecule is CCCCNC(=O)N1CCc2nc(-c3ccccc3)nc(N3CCC(C)CC3)c2C1. The van der Waals surface area contributed by atoms with E-state index in [1.807, 2.05) is 23.1 Å². The molecule has 0 spiro atoms. The van der Waals surface area contributed by atoms with Gasteiger partial charge in [0, 0.05) is 43.7 Å². The number of aromatic nitrogens is 2. The Balaban J connectivity index is 1.64. The Kier molecular flexibility index (Phi) is 6.50. The van der Waals surface area contributed by atoms with Gasteiger partial charge in [-0.05, 0) is 25.2 Å². The molecule has 1 aromatic carbocycles. The molecular weight excluding hydrogens is 374 g/mol. The zero-order valence-electron chi connectivity index (χ0n) is 18.2. The predicted octanol–water partition coefficient (Wildman–Crippen LogP) is 4.25. The fourth-order valence-electron chi connectivity index (χ4n) is 4.25. The molecule has 0 unspecified atom stereocenters. The van der Waals surface area contributed by atoms with Crippen molar-refractivity contribution in [2.75, 3.05) is 31.1 Å². The summed E-state index contributed by atoms with van der Waals surface area (Å²) in [5, 5.41) is 3.06. The van der Waals surface area contributed by atoms with E-state index in [1.165, 1.54) is 12.8 Å². The smallest absolute Gasteiger partial charge is 0.317 e. The zero-order valence-corrected chi connectivity index (χ0v) is 18.2. The lowest BCUT2D eigenvalue weighted by Gasteiger charge is -2.36. The summed E-state index contributed by atoms with van der Waals surface area (Å²) in [7, 11) is 0. The van der Waals surface area contributed by atoms with E-state index in [2.05, 4.69) is 36.2 Å². The van der Waals surface area contributed by atoms with Gasteiger partial charge in [-0.15, -0.1) is 0 Å². The summed E-state index contributed by atoms with van der Waals surface area (Å²) in [5.74, 6) is 2.58. The van der Waals surface area contributed by atoms with Crippen LogP contribution < -0.4 is 10.2 Å². The molecule has 1 aromatic heterocycles. The number of benzene rings is 1. The summed E-state index contributed by atoms with van der Waals surface area (Å²) in [6.07, 6.45) is 5.23. The molecule has 3 heterocycles. The lowest BCUT2D eigenvalue weighted by Crippen LogP contribution is -2.44. The van der Waals surface area contributed by atoms with E-state index in [9.17, 15) is 4.79 Å². The molecule has 2 aliphatic heterocycles. The normalized spacial score (nSPS) is 17.0. The van der Waals surface area contributed by atoms with E-state index >= 15 is 0 Å². The highest BCUT2D eigenvalue weighted by Gasteiger charge is 2.29. The number of carbonyl (C=O) groups excluding carboxylic acids is 1. The molecule has 160 valence electrons. The van der Waals surface area contributed by atoms with Gasteiger partial charge in [0.25, 0.3) is 0 Å². The summed E-state index contributed by atoms with van der Waals surface area (Å²) >= 11 is 0. The van der Waals surface area contributed by atoms with Gasteiger partial charge in [-0.25, -0.2) is 14.8 Å². The second-order valence-electron chi connectivity index (χ2n) is 8.59. The molecule has 2 aromatic rings. The maximum Gasteiger partial charge on any atom is 0.317 e. The number of piperidine rings is 1. The van der Waals surface area contributed by atoms with Crippen LogP contribution in [0.2, 0.25) is 0 Å². The van der Waals surface area contributed by atoms with Gasteiger partial charge in [-0.3, -0.25) is 0 Å². The first kappa shape index (κ1) is 20.6. The van der Waals surface area contributed by atoms with Gasteiger partial charge in [-0.2, -0.15) is 0 Å². The van der Waals surface area contributed by atoms with Crippen molar-refractivity contribution in [1.29, 1.82) is 0 Å². The minimum Gasteiger partial charge on any atom is -0.356 e. The van der Waals surface area contributed by atoms with Gasteiger partial charge in [0.1, 0.15) is 5.82 Å². The Morgan fingerprint density at radius 3 is 2.63 bits per heavy atom. The Labute approximate surface area is 179 Å². The van der Waals surface area contributed by atoms with Crippen LogP contribution in [-0.4, -0.2) is 47.1 Å². The van der Waals surface area contributed by atoms with Crippen LogP contribution in [0.4, 0.5) is 10.6 Å². The second kappa shape index (κ2) is 9.45. The van der Waals surface area contributed by atoms with E-state index in [0.717, 1.165) is 73.3 Å². The third-order valence-corrected chi connectivity index (χ3v) is 6.25. The van der Waals surface area contributed by atoms with Crippen LogP contribution in [0.1, 0.15) is 50.8 Å². The number of carbonyl (C=O) groups is 1. The number of hydrogen-bond donors (Lipinski definition) is 1. The Morgan fingerprint density at radius 2 is 1.90 bits per heavy atom. The summed E-state index contributed by atoms with van der Waals surface area (Å²) in [6, 6.07) is 10.2. The number of urea groups is 1. The average Bonchev–Trinajstić information content (AvgIpc) is 2.79. The minimum absolute atomic E-state index is 0.0273. The van der Waals surface area contributed by atoms with Crippen molar-refractivity contribution in [3.8, 4) is 11.4 Å². The molecule has 2 aliphatic rings. The highest BCUT2D eigenvalue weighted by molar-refractivity contribution is 5.75. The maximum atomic E-state index is 12.7. The first-order valence-corrected chi connectivity index (χ1v) is 11.4. The number of fused-ring (bicyclic) bond motifs is 1. The van der Waals surface area contributed by atoms with Crippen LogP contribution in [0.25, 0.3) is 11.4 Å². The van der Waals surface area contributed by atoms with Crippen LogP contribution in [0.3, 0.4) is 0 Å². The summed E-state index contributed by atoms with van der Waals surface area (Å²) in [6.45, 7) is 8.51. The van der Waals surface area contributed by atoms with Gasteiger partial charge in [0.2, 0.25) is 0 Å². The fourth-order valence-corrected chi connectivity index (χ4v) is 4.25. The van der Waals surface area contributed by atoms with Gasteiger partial charge in [-0.1, -0.05) is 50.6 Å². The van der Waals surface area contributed by atoms with Gasteiger partial charge in [0.05, 0.1) is 12.2 Å². The molecule has 6 heteroatoms. The highest BCUT2D eigenvalue weighted by Crippen LogP contribution is 2.32. The van der Waals surface area contributed by atoms with Crippen molar-refractivity contribution < 1.29 is 4.79 Å². The zero-order chi connectivity index (χ0) is 20.9. The van der Waals surface area contributed by atoms with Crippen molar-refractivity contribution in [2.24, 2.45) is 5.92 Å². The number of amides is 2. The third-order valence-electron chi connectivity index (χ3n) is 6.25. The van der Waals surface area contributed by atoms with Crippen molar-refractivity contribution in [3.05, 3.63) is 41.6 Å². The van der Waals surface area contributed by atoms with Crippen molar-refractivity contribution in [2.45, 2.75) is 52.5 Å². The van der Waals surface area contributed by atoms with Gasteiger partial charge < -0.3 is 15.1 Å². The fraction of sp³-hybridized carbons (Fsp3) is 0.542. The largest absolute Gasteiger partial charge is 0.356 e. The monoisotopic (exact) mass is 407 g/mol. The van der Waals surface area contributed by atoms with Crippen molar-refractivity contribution in [3.63, 3.8) is 0 Å². The lowest BCUT2D eigenvalue weighted by atomic mass is 9.98. The van der Waals surface area contributed by atoms with Crippen molar-refractivity contribution in [1.82, 2.24) is 20.2 Å². The van der Waals surface area contributed by atoms with E-state index in [-0.39, 0.29) is 6.03 Å². The highest BCUT2D eigenvalue weighted by atomic mass is 16.2. The number of nitrogens with zero attached hydrogens (tertiary/aromatic N) is 4. The molecule has 30 heavy (non-hydrogen) atoms. The lowest BCUT2D eigenvalue weighted by molar-refractivity contribution is 0.191. The molecular formula is C24H33N5O. The maximum absolute atomic E-state index is 12.7. The number of nitrogens with one attached hydrogen (secondary N) is 1. The van der Waals surface area contributed by atoms with E-state index in [0.29, 0.717) is 13.1 Å². The molecule has 6 nitrogen and oxygen atoms in total. The standard InChI is InChI=1S/C24H33N5O/c1-3-4-13-25-24(30)29-16-12-21-20(17-29)23(28-14-10-18(2)11-15-28)27-22(26-21)19-8-6-5-7-9-19/h5-9,18H,3-4,10-17H2,1-2H3,(H,25,30). The van der Waals surface area contributed by atoms with Gasteiger partial charge in [0.15, 0.2) is 5.82 Å². The second-order valence-corrected chi connectivity index (χ2v) is 8.59. The first-order chi connectivity index (χ1) is 14.7.